The van der Waals surface area contributed by atoms with Gasteiger partial charge in [0.15, 0.2) is 6.10 Å². The summed E-state index contributed by atoms with van der Waals surface area (Å²) in [4.78, 5) is 23.5. The monoisotopic (exact) mass is 329 g/mol. The molecule has 0 spiro atoms. The van der Waals surface area contributed by atoms with Crippen LogP contribution in [-0.4, -0.2) is 24.0 Å². The number of nitrogens with one attached hydrogen (secondary N) is 1. The van der Waals surface area contributed by atoms with E-state index in [1.54, 1.807) is 0 Å². The van der Waals surface area contributed by atoms with Gasteiger partial charge in [-0.1, -0.05) is 0 Å². The molecule has 0 bridgehead atoms. The van der Waals surface area contributed by atoms with Gasteiger partial charge in [0.2, 0.25) is 0 Å². The van der Waals surface area contributed by atoms with Crippen LogP contribution in [0, 0.1) is 5.82 Å². The van der Waals surface area contributed by atoms with Crippen molar-refractivity contribution in [2.45, 2.75) is 31.9 Å². The average molecular weight is 330 g/mol. The molecule has 1 aromatic rings. The minimum Gasteiger partial charge on any atom is -0.449 e. The van der Waals surface area contributed by atoms with Gasteiger partial charge in [-0.3, -0.25) is 4.79 Å². The van der Waals surface area contributed by atoms with Crippen molar-refractivity contribution in [3.63, 3.8) is 0 Å². The summed E-state index contributed by atoms with van der Waals surface area (Å²) in [6.45, 7) is 1.51. The van der Waals surface area contributed by atoms with Crippen molar-refractivity contribution in [1.82, 2.24) is 5.32 Å². The first kappa shape index (κ1) is 14.0. The van der Waals surface area contributed by atoms with Gasteiger partial charge in [-0.2, -0.15) is 0 Å². The SMILES string of the molecule is CC(OC(=O)c1ccc(F)cc1Br)C(=O)NC1CC1. The number of carbonyl (C=O) groups is 2. The molecule has 2 rings (SSSR count). The Morgan fingerprint density at radius 3 is 2.74 bits per heavy atom. The molecule has 1 N–H and O–H groups in total. The summed E-state index contributed by atoms with van der Waals surface area (Å²) in [5.41, 5.74) is 0.187. The number of amides is 1. The molecule has 0 saturated heterocycles. The second-order valence-electron chi connectivity index (χ2n) is 4.45. The fourth-order valence-corrected chi connectivity index (χ4v) is 1.99. The van der Waals surface area contributed by atoms with Crippen molar-refractivity contribution in [2.24, 2.45) is 0 Å². The van der Waals surface area contributed by atoms with Crippen molar-refractivity contribution in [2.75, 3.05) is 0 Å². The minimum atomic E-state index is -0.870. The maximum Gasteiger partial charge on any atom is 0.340 e. The van der Waals surface area contributed by atoms with E-state index in [2.05, 4.69) is 21.2 Å². The lowest BCUT2D eigenvalue weighted by Crippen LogP contribution is -2.37. The molecule has 0 aliphatic heterocycles. The number of benzene rings is 1. The van der Waals surface area contributed by atoms with E-state index in [1.165, 1.54) is 19.1 Å². The highest BCUT2D eigenvalue weighted by atomic mass is 79.9. The van der Waals surface area contributed by atoms with Crippen molar-refractivity contribution >= 4 is 27.8 Å². The third-order valence-corrected chi connectivity index (χ3v) is 3.38. The van der Waals surface area contributed by atoms with Crippen LogP contribution in [0.2, 0.25) is 0 Å². The summed E-state index contributed by atoms with van der Waals surface area (Å²) in [5, 5.41) is 2.75. The Morgan fingerprint density at radius 2 is 2.16 bits per heavy atom. The largest absolute Gasteiger partial charge is 0.449 e. The zero-order chi connectivity index (χ0) is 14.0. The maximum atomic E-state index is 12.9. The Morgan fingerprint density at radius 1 is 1.47 bits per heavy atom. The number of hydrogen-bond donors (Lipinski definition) is 1. The van der Waals surface area contributed by atoms with Gasteiger partial charge in [0, 0.05) is 10.5 Å². The predicted octanol–water partition coefficient (Wildman–Crippen LogP) is 2.41. The number of esters is 1. The number of carbonyl (C=O) groups excluding carboxylic acids is 2. The summed E-state index contributed by atoms with van der Waals surface area (Å²) in [7, 11) is 0. The third kappa shape index (κ3) is 3.76. The minimum absolute atomic E-state index is 0.187. The number of halogens is 2. The molecule has 1 saturated carbocycles. The number of ether oxygens (including phenoxy) is 1. The lowest BCUT2D eigenvalue weighted by atomic mass is 10.2. The van der Waals surface area contributed by atoms with Crippen molar-refractivity contribution in [3.8, 4) is 0 Å². The average Bonchev–Trinajstić information content (AvgIpc) is 3.12. The third-order valence-electron chi connectivity index (χ3n) is 2.73. The molecule has 0 aromatic heterocycles. The molecule has 1 aliphatic rings. The van der Waals surface area contributed by atoms with Gasteiger partial charge in [-0.15, -0.1) is 0 Å². The molecule has 0 radical (unpaired) electrons. The van der Waals surface area contributed by atoms with Crippen LogP contribution in [0.3, 0.4) is 0 Å². The van der Waals surface area contributed by atoms with Gasteiger partial charge in [-0.25, -0.2) is 9.18 Å². The highest BCUT2D eigenvalue weighted by molar-refractivity contribution is 9.10. The Hall–Kier alpha value is -1.43. The van der Waals surface area contributed by atoms with E-state index in [0.717, 1.165) is 18.9 Å². The second kappa shape index (κ2) is 5.69. The molecule has 1 amide bonds. The van der Waals surface area contributed by atoms with E-state index in [1.807, 2.05) is 0 Å². The molecule has 1 aromatic carbocycles. The first-order chi connectivity index (χ1) is 8.97. The molecule has 1 fully saturated rings. The summed E-state index contributed by atoms with van der Waals surface area (Å²) >= 11 is 3.08. The van der Waals surface area contributed by atoms with E-state index >= 15 is 0 Å². The fraction of sp³-hybridized carbons (Fsp3) is 0.385. The molecule has 0 heterocycles. The zero-order valence-electron chi connectivity index (χ0n) is 10.3. The smallest absolute Gasteiger partial charge is 0.340 e. The van der Waals surface area contributed by atoms with E-state index < -0.39 is 17.9 Å². The van der Waals surface area contributed by atoms with Gasteiger partial charge in [0.05, 0.1) is 5.56 Å². The molecular weight excluding hydrogens is 317 g/mol. The van der Waals surface area contributed by atoms with Crippen molar-refractivity contribution < 1.29 is 18.7 Å². The fourth-order valence-electron chi connectivity index (χ4n) is 1.48. The van der Waals surface area contributed by atoms with Gasteiger partial charge < -0.3 is 10.1 Å². The lowest BCUT2D eigenvalue weighted by Gasteiger charge is -2.13. The first-order valence-corrected chi connectivity index (χ1v) is 6.73. The molecule has 102 valence electrons. The molecule has 1 aliphatic carbocycles. The van der Waals surface area contributed by atoms with Crippen LogP contribution in [0.5, 0.6) is 0 Å². The maximum absolute atomic E-state index is 12.9. The van der Waals surface area contributed by atoms with Crippen LogP contribution in [0.25, 0.3) is 0 Å². The highest BCUT2D eigenvalue weighted by Crippen LogP contribution is 2.21. The van der Waals surface area contributed by atoms with Crippen LogP contribution in [-0.2, 0) is 9.53 Å². The topological polar surface area (TPSA) is 55.4 Å². The van der Waals surface area contributed by atoms with E-state index in [9.17, 15) is 14.0 Å². The van der Waals surface area contributed by atoms with Crippen LogP contribution >= 0.6 is 15.9 Å². The predicted molar refractivity (Wildman–Crippen MR) is 70.1 cm³/mol. The summed E-state index contributed by atoms with van der Waals surface area (Å²) in [6, 6.07) is 3.86. The summed E-state index contributed by atoms with van der Waals surface area (Å²) < 4.78 is 18.2. The van der Waals surface area contributed by atoms with Crippen LogP contribution in [0.15, 0.2) is 22.7 Å². The van der Waals surface area contributed by atoms with Gasteiger partial charge in [0.25, 0.3) is 5.91 Å². The van der Waals surface area contributed by atoms with Gasteiger partial charge in [-0.05, 0) is 53.9 Å². The van der Waals surface area contributed by atoms with E-state index in [0.29, 0.717) is 4.47 Å². The molecule has 6 heteroatoms. The highest BCUT2D eigenvalue weighted by Gasteiger charge is 2.27. The van der Waals surface area contributed by atoms with Gasteiger partial charge in [0.1, 0.15) is 5.82 Å². The molecule has 4 nitrogen and oxygen atoms in total. The second-order valence-corrected chi connectivity index (χ2v) is 5.31. The summed E-state index contributed by atoms with van der Waals surface area (Å²) in [6.07, 6.45) is 1.07. The Bertz CT molecular complexity index is 517. The first-order valence-electron chi connectivity index (χ1n) is 5.94. The normalized spacial score (nSPS) is 15.7. The van der Waals surface area contributed by atoms with Crippen molar-refractivity contribution in [3.05, 3.63) is 34.1 Å². The van der Waals surface area contributed by atoms with Crippen LogP contribution in [0.1, 0.15) is 30.1 Å². The lowest BCUT2D eigenvalue weighted by molar-refractivity contribution is -0.129. The van der Waals surface area contributed by atoms with Crippen LogP contribution in [0.4, 0.5) is 4.39 Å². The molecular formula is C13H13BrFNO3. The Balaban J connectivity index is 1.97. The number of rotatable bonds is 4. The van der Waals surface area contributed by atoms with E-state index in [-0.39, 0.29) is 17.5 Å². The Labute approximate surface area is 118 Å². The molecule has 1 unspecified atom stereocenters. The quantitative estimate of drug-likeness (QED) is 0.863. The zero-order valence-corrected chi connectivity index (χ0v) is 11.9. The molecule has 1 atom stereocenters. The molecule has 19 heavy (non-hydrogen) atoms. The van der Waals surface area contributed by atoms with E-state index in [4.69, 9.17) is 4.74 Å². The standard InChI is InChI=1S/C13H13BrFNO3/c1-7(12(17)16-9-3-4-9)19-13(18)10-5-2-8(15)6-11(10)14/h2,5-7,9H,3-4H2,1H3,(H,16,17). The van der Waals surface area contributed by atoms with Crippen molar-refractivity contribution in [1.29, 1.82) is 0 Å². The number of hydrogen-bond acceptors (Lipinski definition) is 3. The summed E-state index contributed by atoms with van der Waals surface area (Å²) in [5.74, 6) is -1.43. The van der Waals surface area contributed by atoms with Crippen LogP contribution < -0.4 is 5.32 Å². The van der Waals surface area contributed by atoms with Gasteiger partial charge >= 0.3 is 5.97 Å². The Kier molecular flexibility index (Phi) is 4.19.